The van der Waals surface area contributed by atoms with Gasteiger partial charge >= 0.3 is 12.1 Å². The largest absolute Gasteiger partial charge is 0.458 e. The van der Waals surface area contributed by atoms with Gasteiger partial charge in [0.2, 0.25) is 0 Å². The Hall–Kier alpha value is -3.61. The minimum atomic E-state index is -1.23. The fraction of sp³-hybridized carbons (Fsp3) is 0.780. The van der Waals surface area contributed by atoms with Crippen molar-refractivity contribution in [3.05, 3.63) is 24.5 Å². The van der Waals surface area contributed by atoms with E-state index >= 15 is 0 Å². The smallest absolute Gasteiger partial charge is 0.410 e. The first-order valence-corrected chi connectivity index (χ1v) is 20.8. The number of aliphatic hydroxyl groups excluding tert-OH is 1. The van der Waals surface area contributed by atoms with Crippen molar-refractivity contribution in [2.75, 3.05) is 34.3 Å². The molecule has 0 bridgehead atoms. The summed E-state index contributed by atoms with van der Waals surface area (Å²) in [5.41, 5.74) is -1.02. The van der Waals surface area contributed by atoms with Crippen LogP contribution in [0, 0.1) is 17.8 Å². The molecule has 0 radical (unpaired) electrons. The van der Waals surface area contributed by atoms with E-state index in [0.717, 1.165) is 0 Å². The van der Waals surface area contributed by atoms with E-state index in [1.54, 1.807) is 35.9 Å². The number of hydrogen-bond donors (Lipinski definition) is 2. The maximum atomic E-state index is 14.4. The lowest BCUT2D eigenvalue weighted by Crippen LogP contribution is -2.61. The number of aromatic nitrogens is 5. The molecule has 5 rings (SSSR count). The van der Waals surface area contributed by atoms with Crippen LogP contribution in [0.2, 0.25) is 0 Å². The Morgan fingerprint density at radius 1 is 1.05 bits per heavy atom. The molecule has 17 heteroatoms. The molecular weight excluding hydrogens is 748 g/mol. The standard InChI is InChI=1S/C41H66N8O9/c1-12-32-41(8)35(49(39(53)58-41)19-14-13-18-48-23-30(45-46-48)29-16-15-17-43-44-29)28(6)42-22-24(2)21-40(7,54-11)36(26(4)33(50)27(5)37(52)56-32)57-38-34(51)31(47(9)10)20-25(3)55-38/h15-17,23-28,31-32,34-36,38,42,51H,12-14,18-22H2,1-11H3/t24-,25?,26-,27-,28-,31?,32-,34?,35-,36-,38+,40-,41-/m1/s1. The van der Waals surface area contributed by atoms with Crippen molar-refractivity contribution in [3.63, 3.8) is 0 Å². The maximum Gasteiger partial charge on any atom is 0.410 e. The van der Waals surface area contributed by atoms with Crippen molar-refractivity contribution in [1.29, 1.82) is 0 Å². The van der Waals surface area contributed by atoms with Gasteiger partial charge in [0.15, 0.2) is 17.7 Å². The van der Waals surface area contributed by atoms with Gasteiger partial charge in [-0.2, -0.15) is 5.10 Å². The number of methoxy groups -OCH3 is 1. The van der Waals surface area contributed by atoms with Crippen molar-refractivity contribution in [2.45, 2.75) is 154 Å². The van der Waals surface area contributed by atoms with E-state index in [0.29, 0.717) is 63.1 Å². The van der Waals surface area contributed by atoms with E-state index in [-0.39, 0.29) is 24.1 Å². The summed E-state index contributed by atoms with van der Waals surface area (Å²) in [6.45, 7) is 16.4. The molecule has 5 heterocycles. The molecule has 2 aromatic heterocycles. The van der Waals surface area contributed by atoms with Crippen molar-refractivity contribution >= 4 is 17.8 Å². The molecule has 3 fully saturated rings. The van der Waals surface area contributed by atoms with Crippen LogP contribution in [0.25, 0.3) is 11.4 Å². The van der Waals surface area contributed by atoms with Gasteiger partial charge in [-0.25, -0.2) is 4.79 Å². The highest BCUT2D eigenvalue weighted by molar-refractivity contribution is 6.00. The number of nitrogens with zero attached hydrogens (tertiary/aromatic N) is 7. The number of Topliss-reactive ketones (excluding diaryl/α,β-unsaturated/α-hetero) is 1. The number of cyclic esters (lactones) is 1. The zero-order valence-corrected chi connectivity index (χ0v) is 36.2. The fourth-order valence-corrected chi connectivity index (χ4v) is 9.18. The SMILES string of the molecule is CC[C@H]1OC(=O)[C@H](C)C(=O)[C@@H](C)[C@@H](O[C@@H]2OC(C)CC(N(C)C)C2O)[C@](C)(OC)C[C@@H](C)CN[C@H](C)[C@H]2N(CCCCn3cc(-c4cccnn4)nn3)C(=O)O[C@]12C. The van der Waals surface area contributed by atoms with Gasteiger partial charge in [0.05, 0.1) is 30.0 Å². The first kappa shape index (κ1) is 45.5. The van der Waals surface area contributed by atoms with Gasteiger partial charge in [-0.3, -0.25) is 19.2 Å². The van der Waals surface area contributed by atoms with E-state index in [9.17, 15) is 19.5 Å². The average molecular weight is 815 g/mol. The predicted octanol–water partition coefficient (Wildman–Crippen LogP) is 3.49. The van der Waals surface area contributed by atoms with Gasteiger partial charge in [-0.15, -0.1) is 10.2 Å². The number of ether oxygens (including phenoxy) is 5. The Bertz CT molecular complexity index is 1680. The third kappa shape index (κ3) is 9.87. The van der Waals surface area contributed by atoms with Crippen molar-refractivity contribution in [3.8, 4) is 11.4 Å². The Balaban J connectivity index is 1.38. The number of fused-ring (bicyclic) bond motifs is 1. The summed E-state index contributed by atoms with van der Waals surface area (Å²) in [5.74, 6) is -3.17. The highest BCUT2D eigenvalue weighted by atomic mass is 16.7. The number of carbonyl (C=O) groups is 3. The van der Waals surface area contributed by atoms with Crippen LogP contribution in [0.15, 0.2) is 24.5 Å². The van der Waals surface area contributed by atoms with Gasteiger partial charge in [0.1, 0.15) is 29.5 Å². The molecule has 324 valence electrons. The van der Waals surface area contributed by atoms with Crippen LogP contribution in [0.1, 0.15) is 87.5 Å². The van der Waals surface area contributed by atoms with Crippen molar-refractivity contribution < 1.29 is 43.2 Å². The monoisotopic (exact) mass is 814 g/mol. The molecule has 0 spiro atoms. The molecule has 0 aromatic carbocycles. The van der Waals surface area contributed by atoms with Gasteiger partial charge in [0, 0.05) is 44.4 Å². The zero-order chi connectivity index (χ0) is 42.5. The van der Waals surface area contributed by atoms with E-state index in [1.165, 1.54) is 6.92 Å². The number of hydrogen-bond acceptors (Lipinski definition) is 15. The summed E-state index contributed by atoms with van der Waals surface area (Å²) < 4.78 is 33.2. The Labute approximate surface area is 342 Å². The highest BCUT2D eigenvalue weighted by Gasteiger charge is 2.58. The molecule has 3 unspecified atom stereocenters. The first-order valence-electron chi connectivity index (χ1n) is 20.8. The van der Waals surface area contributed by atoms with Gasteiger partial charge in [-0.05, 0) is 105 Å². The van der Waals surface area contributed by atoms with Gasteiger partial charge < -0.3 is 39.0 Å². The number of amides is 1. The summed E-state index contributed by atoms with van der Waals surface area (Å²) in [5, 5.41) is 31.6. The van der Waals surface area contributed by atoms with E-state index in [2.05, 4.69) is 32.7 Å². The summed E-state index contributed by atoms with van der Waals surface area (Å²) in [4.78, 5) is 45.8. The van der Waals surface area contributed by atoms with E-state index < -0.39 is 71.5 Å². The lowest BCUT2D eigenvalue weighted by molar-refractivity contribution is -0.295. The number of ketones is 1. The second kappa shape index (κ2) is 19.2. The summed E-state index contributed by atoms with van der Waals surface area (Å²) in [7, 11) is 5.39. The van der Waals surface area contributed by atoms with Crippen LogP contribution in [-0.4, -0.2) is 152 Å². The quantitative estimate of drug-likeness (QED) is 0.190. The highest BCUT2D eigenvalue weighted by Crippen LogP contribution is 2.40. The average Bonchev–Trinajstić information content (AvgIpc) is 3.77. The van der Waals surface area contributed by atoms with Crippen LogP contribution in [-0.2, 0) is 39.8 Å². The number of carbonyl (C=O) groups excluding carboxylic acids is 3. The van der Waals surface area contributed by atoms with E-state index in [4.69, 9.17) is 23.7 Å². The summed E-state index contributed by atoms with van der Waals surface area (Å²) >= 11 is 0. The number of likely N-dealkylation sites (N-methyl/N-ethyl adjacent to an activating group) is 1. The predicted molar refractivity (Wildman–Crippen MR) is 213 cm³/mol. The fourth-order valence-electron chi connectivity index (χ4n) is 9.18. The topological polar surface area (TPSA) is 193 Å². The van der Waals surface area contributed by atoms with Crippen LogP contribution in [0.3, 0.4) is 0 Å². The Morgan fingerprint density at radius 3 is 2.43 bits per heavy atom. The molecule has 2 N–H and O–H groups in total. The van der Waals surface area contributed by atoms with Gasteiger partial charge in [-0.1, -0.05) is 26.0 Å². The molecule has 3 aliphatic heterocycles. The second-order valence-corrected chi connectivity index (χ2v) is 17.3. The van der Waals surface area contributed by atoms with E-state index in [1.807, 2.05) is 65.9 Å². The van der Waals surface area contributed by atoms with Crippen molar-refractivity contribution in [1.82, 2.24) is 40.3 Å². The normalized spacial score (nSPS) is 36.9. The number of aliphatic hydroxyl groups is 1. The van der Waals surface area contributed by atoms with Crippen LogP contribution in [0.4, 0.5) is 4.79 Å². The lowest BCUT2D eigenvalue weighted by atomic mass is 9.78. The van der Waals surface area contributed by atoms with Crippen LogP contribution < -0.4 is 5.32 Å². The molecule has 0 aliphatic carbocycles. The minimum Gasteiger partial charge on any atom is -0.458 e. The zero-order valence-electron chi connectivity index (χ0n) is 36.2. The van der Waals surface area contributed by atoms with Gasteiger partial charge in [0.25, 0.3) is 0 Å². The number of nitrogens with one attached hydrogen (secondary N) is 1. The molecule has 0 saturated carbocycles. The molecule has 58 heavy (non-hydrogen) atoms. The van der Waals surface area contributed by atoms with Crippen LogP contribution in [0.5, 0.6) is 0 Å². The molecule has 13 atom stereocenters. The molecule has 2 aromatic rings. The lowest BCUT2D eigenvalue weighted by Gasteiger charge is -2.46. The third-order valence-corrected chi connectivity index (χ3v) is 12.5. The summed E-state index contributed by atoms with van der Waals surface area (Å²) in [6, 6.07) is 2.57. The third-order valence-electron chi connectivity index (χ3n) is 12.5. The minimum absolute atomic E-state index is 0.0129. The number of aryl methyl sites for hydroxylation is 1. The number of esters is 1. The van der Waals surface area contributed by atoms with Crippen molar-refractivity contribution in [2.24, 2.45) is 17.8 Å². The molecule has 3 saturated heterocycles. The molecular formula is C41H66N8O9. The Morgan fingerprint density at radius 2 is 1.78 bits per heavy atom. The summed E-state index contributed by atoms with van der Waals surface area (Å²) in [6.07, 6.45) is 1.71. The maximum absolute atomic E-state index is 14.4. The molecule has 17 nitrogen and oxygen atoms in total. The molecule has 1 amide bonds. The van der Waals surface area contributed by atoms with Crippen LogP contribution >= 0.6 is 0 Å². The first-order chi connectivity index (χ1) is 27.4. The number of rotatable bonds is 11. The second-order valence-electron chi connectivity index (χ2n) is 17.3. The Kier molecular flexibility index (Phi) is 15.0. The molecule has 3 aliphatic rings. The number of unbranched alkanes of at least 4 members (excludes halogenated alkanes) is 1.